The molecule has 2 amide bonds. The van der Waals surface area contributed by atoms with E-state index in [4.69, 9.17) is 0 Å². The van der Waals surface area contributed by atoms with E-state index in [1.807, 2.05) is 18.2 Å². The summed E-state index contributed by atoms with van der Waals surface area (Å²) in [5.41, 5.74) is 1.18. The molecule has 0 spiro atoms. The van der Waals surface area contributed by atoms with Crippen LogP contribution < -0.4 is 5.32 Å². The van der Waals surface area contributed by atoms with Crippen LogP contribution in [0.5, 0.6) is 0 Å². The molecule has 4 heteroatoms. The Kier molecular flexibility index (Phi) is 5.21. The second-order valence-electron chi connectivity index (χ2n) is 7.17. The monoisotopic (exact) mass is 316 g/mol. The first-order chi connectivity index (χ1) is 11.1. The van der Waals surface area contributed by atoms with Gasteiger partial charge in [-0.15, -0.1) is 0 Å². The molecule has 4 nitrogen and oxygen atoms in total. The fourth-order valence-electron chi connectivity index (χ4n) is 3.66. The minimum atomic E-state index is -0.382. The van der Waals surface area contributed by atoms with Gasteiger partial charge < -0.3 is 15.3 Å². The van der Waals surface area contributed by atoms with E-state index in [1.54, 1.807) is 11.9 Å². The van der Waals surface area contributed by atoms with Crippen LogP contribution in [-0.4, -0.2) is 35.7 Å². The van der Waals surface area contributed by atoms with E-state index in [0.29, 0.717) is 18.4 Å². The Labute approximate surface area is 138 Å². The molecule has 2 aliphatic rings. The number of amides is 2. The van der Waals surface area contributed by atoms with Crippen LogP contribution in [0.25, 0.3) is 0 Å². The maximum atomic E-state index is 12.6. The molecule has 23 heavy (non-hydrogen) atoms. The molecule has 1 aromatic carbocycles. The van der Waals surface area contributed by atoms with Gasteiger partial charge in [0, 0.05) is 13.6 Å². The molecular weight excluding hydrogens is 288 g/mol. The molecule has 0 bridgehead atoms. The summed E-state index contributed by atoms with van der Waals surface area (Å²) in [4.78, 5) is 14.2. The summed E-state index contributed by atoms with van der Waals surface area (Å²) in [5, 5.41) is 13.3. The van der Waals surface area contributed by atoms with Gasteiger partial charge in [-0.05, 0) is 43.1 Å². The highest BCUT2D eigenvalue weighted by molar-refractivity contribution is 5.74. The van der Waals surface area contributed by atoms with Crippen LogP contribution in [0.4, 0.5) is 4.79 Å². The lowest BCUT2D eigenvalue weighted by Gasteiger charge is -2.29. The van der Waals surface area contributed by atoms with Gasteiger partial charge in [0.25, 0.3) is 0 Å². The molecule has 2 saturated carbocycles. The number of hydrogen-bond donors (Lipinski definition) is 2. The standard InChI is InChI=1S/C19H28N2O2/c1-21(13-17(22)14-11-12-14)19(23)20-18(16-9-5-6-10-16)15-7-3-2-4-8-15/h2-4,7-8,14,16-18,22H,5-6,9-13H2,1H3,(H,20,23). The van der Waals surface area contributed by atoms with Crippen LogP contribution in [0.15, 0.2) is 30.3 Å². The molecule has 1 aromatic rings. The van der Waals surface area contributed by atoms with Crippen molar-refractivity contribution >= 4 is 6.03 Å². The van der Waals surface area contributed by atoms with Crippen LogP contribution >= 0.6 is 0 Å². The van der Waals surface area contributed by atoms with Crippen molar-refractivity contribution in [2.24, 2.45) is 11.8 Å². The van der Waals surface area contributed by atoms with Crippen molar-refractivity contribution in [1.29, 1.82) is 0 Å². The zero-order chi connectivity index (χ0) is 16.2. The molecule has 2 atom stereocenters. The first-order valence-electron chi connectivity index (χ1n) is 8.90. The number of rotatable bonds is 6. The minimum Gasteiger partial charge on any atom is -0.391 e. The lowest BCUT2D eigenvalue weighted by atomic mass is 9.92. The Bertz CT molecular complexity index is 509. The number of urea groups is 1. The molecule has 2 fully saturated rings. The summed E-state index contributed by atoms with van der Waals surface area (Å²) in [6, 6.07) is 10.3. The third-order valence-electron chi connectivity index (χ3n) is 5.28. The minimum absolute atomic E-state index is 0.0757. The predicted octanol–water partition coefficient (Wildman–Crippen LogP) is 3.33. The molecule has 0 aliphatic heterocycles. The van der Waals surface area contributed by atoms with Crippen LogP contribution in [0.2, 0.25) is 0 Å². The molecule has 0 aromatic heterocycles. The molecular formula is C19H28N2O2. The lowest BCUT2D eigenvalue weighted by Crippen LogP contribution is -2.44. The van der Waals surface area contributed by atoms with E-state index in [-0.39, 0.29) is 18.2 Å². The SMILES string of the molecule is CN(CC(O)C1CC1)C(=O)NC(c1ccccc1)C1CCCC1. The quantitative estimate of drug-likeness (QED) is 0.846. The number of aliphatic hydroxyl groups is 1. The predicted molar refractivity (Wildman–Crippen MR) is 91.0 cm³/mol. The Morgan fingerprint density at radius 1 is 1.17 bits per heavy atom. The average molecular weight is 316 g/mol. The fraction of sp³-hybridized carbons (Fsp3) is 0.632. The van der Waals surface area contributed by atoms with Gasteiger partial charge in [-0.25, -0.2) is 4.79 Å². The van der Waals surface area contributed by atoms with Gasteiger partial charge in [0.05, 0.1) is 12.1 Å². The zero-order valence-corrected chi connectivity index (χ0v) is 13.9. The molecule has 126 valence electrons. The zero-order valence-electron chi connectivity index (χ0n) is 13.9. The van der Waals surface area contributed by atoms with E-state index in [0.717, 1.165) is 12.8 Å². The van der Waals surface area contributed by atoms with Gasteiger partial charge in [-0.3, -0.25) is 0 Å². The van der Waals surface area contributed by atoms with E-state index < -0.39 is 0 Å². The third kappa shape index (κ3) is 4.25. The van der Waals surface area contributed by atoms with Crippen molar-refractivity contribution in [3.05, 3.63) is 35.9 Å². The smallest absolute Gasteiger partial charge is 0.317 e. The van der Waals surface area contributed by atoms with Crippen molar-refractivity contribution in [3.8, 4) is 0 Å². The lowest BCUT2D eigenvalue weighted by molar-refractivity contribution is 0.111. The number of likely N-dealkylation sites (N-methyl/N-ethyl adjacent to an activating group) is 1. The van der Waals surface area contributed by atoms with Gasteiger partial charge in [-0.1, -0.05) is 43.2 Å². The fourth-order valence-corrected chi connectivity index (χ4v) is 3.66. The molecule has 0 heterocycles. The number of carbonyl (C=O) groups is 1. The second kappa shape index (κ2) is 7.35. The normalized spacial score (nSPS) is 21.0. The van der Waals surface area contributed by atoms with E-state index in [2.05, 4.69) is 17.4 Å². The summed E-state index contributed by atoms with van der Waals surface area (Å²) >= 11 is 0. The Morgan fingerprint density at radius 3 is 2.43 bits per heavy atom. The van der Waals surface area contributed by atoms with E-state index in [1.165, 1.54) is 31.2 Å². The van der Waals surface area contributed by atoms with Gasteiger partial charge in [0.1, 0.15) is 0 Å². The van der Waals surface area contributed by atoms with Gasteiger partial charge in [0.2, 0.25) is 0 Å². The first kappa shape index (κ1) is 16.3. The molecule has 0 saturated heterocycles. The molecule has 2 aliphatic carbocycles. The number of aliphatic hydroxyl groups excluding tert-OH is 1. The van der Waals surface area contributed by atoms with Crippen LogP contribution in [-0.2, 0) is 0 Å². The third-order valence-corrected chi connectivity index (χ3v) is 5.28. The Balaban J connectivity index is 1.63. The molecule has 0 radical (unpaired) electrons. The highest BCUT2D eigenvalue weighted by Gasteiger charge is 2.32. The Hall–Kier alpha value is -1.55. The number of benzene rings is 1. The van der Waals surface area contributed by atoms with Crippen molar-refractivity contribution in [2.45, 2.75) is 50.7 Å². The average Bonchev–Trinajstić information content (AvgIpc) is 3.29. The van der Waals surface area contributed by atoms with E-state index >= 15 is 0 Å². The second-order valence-corrected chi connectivity index (χ2v) is 7.17. The maximum Gasteiger partial charge on any atom is 0.317 e. The number of nitrogens with one attached hydrogen (secondary N) is 1. The van der Waals surface area contributed by atoms with Crippen molar-refractivity contribution < 1.29 is 9.90 Å². The summed E-state index contributed by atoms with van der Waals surface area (Å²) in [5.74, 6) is 0.910. The van der Waals surface area contributed by atoms with Crippen LogP contribution in [0, 0.1) is 11.8 Å². The van der Waals surface area contributed by atoms with E-state index in [9.17, 15) is 9.90 Å². The number of carbonyl (C=O) groups excluding carboxylic acids is 1. The maximum absolute atomic E-state index is 12.6. The summed E-state index contributed by atoms with van der Waals surface area (Å²) in [6.07, 6.45) is 6.65. The largest absolute Gasteiger partial charge is 0.391 e. The molecule has 3 rings (SSSR count). The van der Waals surface area contributed by atoms with Crippen LogP contribution in [0.3, 0.4) is 0 Å². The molecule has 2 N–H and O–H groups in total. The van der Waals surface area contributed by atoms with Crippen LogP contribution in [0.1, 0.15) is 50.1 Å². The van der Waals surface area contributed by atoms with Gasteiger partial charge >= 0.3 is 6.03 Å². The summed E-state index contributed by atoms with van der Waals surface area (Å²) in [6.45, 7) is 0.419. The molecule has 2 unspecified atom stereocenters. The topological polar surface area (TPSA) is 52.6 Å². The van der Waals surface area contributed by atoms with Crippen molar-refractivity contribution in [1.82, 2.24) is 10.2 Å². The van der Waals surface area contributed by atoms with Gasteiger partial charge in [0.15, 0.2) is 0 Å². The van der Waals surface area contributed by atoms with Crippen molar-refractivity contribution in [2.75, 3.05) is 13.6 Å². The summed E-state index contributed by atoms with van der Waals surface area (Å²) in [7, 11) is 1.78. The Morgan fingerprint density at radius 2 is 1.83 bits per heavy atom. The number of nitrogens with zero attached hydrogens (tertiary/aromatic N) is 1. The summed E-state index contributed by atoms with van der Waals surface area (Å²) < 4.78 is 0. The van der Waals surface area contributed by atoms with Gasteiger partial charge in [-0.2, -0.15) is 0 Å². The highest BCUT2D eigenvalue weighted by atomic mass is 16.3. The first-order valence-corrected chi connectivity index (χ1v) is 8.90. The number of hydrogen-bond acceptors (Lipinski definition) is 2. The van der Waals surface area contributed by atoms with Crippen molar-refractivity contribution in [3.63, 3.8) is 0 Å². The highest BCUT2D eigenvalue weighted by Crippen LogP contribution is 2.36.